The van der Waals surface area contributed by atoms with Crippen LogP contribution in [0.25, 0.3) is 0 Å². The van der Waals surface area contributed by atoms with Crippen molar-refractivity contribution >= 4 is 12.0 Å². The summed E-state index contributed by atoms with van der Waals surface area (Å²) in [7, 11) is 5.24. The van der Waals surface area contributed by atoms with Gasteiger partial charge in [0.05, 0.1) is 6.61 Å². The topological polar surface area (TPSA) is 82.1 Å². The van der Waals surface area contributed by atoms with E-state index in [1.807, 2.05) is 32.8 Å². The molecule has 0 heterocycles. The molecule has 0 fully saturated rings. The zero-order valence-electron chi connectivity index (χ0n) is 12.3. The van der Waals surface area contributed by atoms with Crippen molar-refractivity contribution in [2.45, 2.75) is 25.9 Å². The second-order valence-electron chi connectivity index (χ2n) is 4.69. The molecule has 0 saturated carbocycles. The molecule has 0 aliphatic carbocycles. The van der Waals surface area contributed by atoms with E-state index < -0.39 is 12.0 Å². The van der Waals surface area contributed by atoms with E-state index in [-0.39, 0.29) is 18.7 Å². The van der Waals surface area contributed by atoms with Crippen LogP contribution in [0.3, 0.4) is 0 Å². The molecule has 0 aliphatic heterocycles. The Labute approximate surface area is 114 Å². The van der Waals surface area contributed by atoms with Gasteiger partial charge in [-0.15, -0.1) is 0 Å². The number of rotatable bonds is 8. The molecule has 2 atom stereocenters. The lowest BCUT2D eigenvalue weighted by Gasteiger charge is -2.31. The minimum Gasteiger partial charge on any atom is -0.480 e. The van der Waals surface area contributed by atoms with E-state index in [9.17, 15) is 9.59 Å². The molecule has 7 heteroatoms. The highest BCUT2D eigenvalue weighted by atomic mass is 16.5. The number of likely N-dealkylation sites (N-methyl/N-ethyl adjacent to an activating group) is 2. The van der Waals surface area contributed by atoms with Gasteiger partial charge in [0.1, 0.15) is 0 Å². The largest absolute Gasteiger partial charge is 0.480 e. The lowest BCUT2D eigenvalue weighted by Crippen LogP contribution is -2.53. The summed E-state index contributed by atoms with van der Waals surface area (Å²) in [6.07, 6.45) is 0. The van der Waals surface area contributed by atoms with Crippen LogP contribution in [-0.2, 0) is 9.53 Å². The van der Waals surface area contributed by atoms with Crippen molar-refractivity contribution in [3.63, 3.8) is 0 Å². The highest BCUT2D eigenvalue weighted by Crippen LogP contribution is 2.02. The van der Waals surface area contributed by atoms with Crippen molar-refractivity contribution in [1.82, 2.24) is 15.1 Å². The number of carboxylic acid groups (broad SMARTS) is 1. The summed E-state index contributed by atoms with van der Waals surface area (Å²) in [5, 5.41) is 11.4. The molecular formula is C12H25N3O4. The van der Waals surface area contributed by atoms with Gasteiger partial charge in [0.15, 0.2) is 6.04 Å². The molecule has 0 spiro atoms. The molecular weight excluding hydrogens is 250 g/mol. The summed E-state index contributed by atoms with van der Waals surface area (Å²) >= 11 is 0. The molecule has 0 aromatic rings. The van der Waals surface area contributed by atoms with Crippen molar-refractivity contribution in [2.24, 2.45) is 0 Å². The molecule has 2 amide bonds. The van der Waals surface area contributed by atoms with Gasteiger partial charge in [0.2, 0.25) is 0 Å². The van der Waals surface area contributed by atoms with Crippen molar-refractivity contribution in [2.75, 3.05) is 40.9 Å². The van der Waals surface area contributed by atoms with Crippen LogP contribution in [-0.4, -0.2) is 79.9 Å². The minimum atomic E-state index is -1.11. The molecule has 0 saturated heterocycles. The normalized spacial score (nSPS) is 14.0. The van der Waals surface area contributed by atoms with E-state index in [0.717, 1.165) is 0 Å². The monoisotopic (exact) mass is 275 g/mol. The van der Waals surface area contributed by atoms with Gasteiger partial charge in [-0.2, -0.15) is 0 Å². The van der Waals surface area contributed by atoms with Crippen LogP contribution in [0.5, 0.6) is 0 Å². The van der Waals surface area contributed by atoms with Crippen LogP contribution in [0.4, 0.5) is 4.79 Å². The molecule has 0 bridgehead atoms. The van der Waals surface area contributed by atoms with E-state index in [2.05, 4.69) is 5.32 Å². The quantitative estimate of drug-likeness (QED) is 0.655. The van der Waals surface area contributed by atoms with E-state index in [0.29, 0.717) is 13.1 Å². The Kier molecular flexibility index (Phi) is 8.09. The first-order valence-corrected chi connectivity index (χ1v) is 6.27. The summed E-state index contributed by atoms with van der Waals surface area (Å²) in [5.41, 5.74) is 0. The van der Waals surface area contributed by atoms with E-state index >= 15 is 0 Å². The smallest absolute Gasteiger partial charge is 0.328 e. The van der Waals surface area contributed by atoms with Crippen LogP contribution in [0.1, 0.15) is 13.8 Å². The number of hydrogen-bond donors (Lipinski definition) is 2. The number of carbonyl (C=O) groups excluding carboxylic acids is 1. The van der Waals surface area contributed by atoms with E-state index in [1.165, 1.54) is 7.11 Å². The summed E-state index contributed by atoms with van der Waals surface area (Å²) in [6, 6.07) is -1.42. The van der Waals surface area contributed by atoms with Gasteiger partial charge < -0.3 is 25.0 Å². The molecule has 112 valence electrons. The van der Waals surface area contributed by atoms with Crippen LogP contribution in [0, 0.1) is 0 Å². The molecule has 0 aromatic heterocycles. The molecule has 2 unspecified atom stereocenters. The first kappa shape index (κ1) is 17.7. The number of carbonyl (C=O) groups is 2. The van der Waals surface area contributed by atoms with Crippen LogP contribution in [0.2, 0.25) is 0 Å². The number of aliphatic carboxylic acids is 1. The Balaban J connectivity index is 4.61. The fourth-order valence-corrected chi connectivity index (χ4v) is 1.86. The molecule has 0 rings (SSSR count). The number of nitrogens with one attached hydrogen (secondary N) is 1. The zero-order valence-corrected chi connectivity index (χ0v) is 12.3. The second kappa shape index (κ2) is 8.71. The number of nitrogens with zero attached hydrogens (tertiary/aromatic N) is 2. The van der Waals surface area contributed by atoms with Crippen molar-refractivity contribution in [3.8, 4) is 0 Å². The maximum atomic E-state index is 12.1. The lowest BCUT2D eigenvalue weighted by molar-refractivity contribution is -0.140. The van der Waals surface area contributed by atoms with E-state index in [4.69, 9.17) is 9.84 Å². The van der Waals surface area contributed by atoms with Gasteiger partial charge in [-0.1, -0.05) is 0 Å². The number of hydrogen-bond acceptors (Lipinski definition) is 4. The fourth-order valence-electron chi connectivity index (χ4n) is 1.86. The molecule has 7 nitrogen and oxygen atoms in total. The zero-order chi connectivity index (χ0) is 15.0. The maximum Gasteiger partial charge on any atom is 0.328 e. The fraction of sp³-hybridized carbons (Fsp3) is 0.833. The molecule has 0 radical (unpaired) electrons. The summed E-state index contributed by atoms with van der Waals surface area (Å²) in [5.74, 6) is -1.11. The van der Waals surface area contributed by atoms with Gasteiger partial charge in [-0.25, -0.2) is 9.59 Å². The van der Waals surface area contributed by atoms with Crippen LogP contribution >= 0.6 is 0 Å². The number of ether oxygens (including phenoxy) is 1. The lowest BCUT2D eigenvalue weighted by atomic mass is 10.2. The average Bonchev–Trinajstić information content (AvgIpc) is 2.28. The average molecular weight is 275 g/mol. The predicted molar refractivity (Wildman–Crippen MR) is 72.2 cm³/mol. The van der Waals surface area contributed by atoms with Gasteiger partial charge in [-0.3, -0.25) is 0 Å². The van der Waals surface area contributed by atoms with Crippen LogP contribution < -0.4 is 5.32 Å². The summed E-state index contributed by atoms with van der Waals surface area (Å²) < 4.78 is 4.78. The highest BCUT2D eigenvalue weighted by molar-refractivity contribution is 5.82. The van der Waals surface area contributed by atoms with Gasteiger partial charge in [0, 0.05) is 26.2 Å². The standard InChI is InChI=1S/C12H25N3O4/c1-6-15(9(2)7-14(3)4)12(18)13-10(8-19-5)11(16)17/h9-10H,6-8H2,1-5H3,(H,13,18)(H,16,17). The molecule has 0 aromatic carbocycles. The summed E-state index contributed by atoms with van der Waals surface area (Å²) in [6.45, 7) is 4.96. The van der Waals surface area contributed by atoms with Crippen molar-refractivity contribution < 1.29 is 19.4 Å². The van der Waals surface area contributed by atoms with Crippen LogP contribution in [0.15, 0.2) is 0 Å². The van der Waals surface area contributed by atoms with Gasteiger partial charge in [0.25, 0.3) is 0 Å². The SMILES string of the molecule is CCN(C(=O)NC(COC)C(=O)O)C(C)CN(C)C. The first-order valence-electron chi connectivity index (χ1n) is 6.27. The Hall–Kier alpha value is -1.34. The minimum absolute atomic E-state index is 0.00279. The van der Waals surface area contributed by atoms with Crippen molar-refractivity contribution in [1.29, 1.82) is 0 Å². The first-order chi connectivity index (χ1) is 8.83. The number of urea groups is 1. The summed E-state index contributed by atoms with van der Waals surface area (Å²) in [4.78, 5) is 26.6. The Morgan fingerprint density at radius 2 is 1.95 bits per heavy atom. The third-order valence-electron chi connectivity index (χ3n) is 2.69. The third-order valence-corrected chi connectivity index (χ3v) is 2.69. The number of methoxy groups -OCH3 is 1. The van der Waals surface area contributed by atoms with Gasteiger partial charge >= 0.3 is 12.0 Å². The number of carboxylic acids is 1. The second-order valence-corrected chi connectivity index (χ2v) is 4.69. The number of amides is 2. The molecule has 0 aliphatic rings. The third kappa shape index (κ3) is 6.40. The maximum absolute atomic E-state index is 12.1. The van der Waals surface area contributed by atoms with Gasteiger partial charge in [-0.05, 0) is 27.9 Å². The Bertz CT molecular complexity index is 297. The Morgan fingerprint density at radius 1 is 1.37 bits per heavy atom. The molecule has 2 N–H and O–H groups in total. The van der Waals surface area contributed by atoms with Crippen molar-refractivity contribution in [3.05, 3.63) is 0 Å². The highest BCUT2D eigenvalue weighted by Gasteiger charge is 2.25. The molecule has 19 heavy (non-hydrogen) atoms. The Morgan fingerprint density at radius 3 is 2.32 bits per heavy atom. The van der Waals surface area contributed by atoms with E-state index in [1.54, 1.807) is 4.90 Å². The predicted octanol–water partition coefficient (Wildman–Crippen LogP) is 0.0676.